The quantitative estimate of drug-likeness (QED) is 0.589. The van der Waals surface area contributed by atoms with E-state index in [1.54, 1.807) is 11.9 Å². The Balaban J connectivity index is 1.89. The Morgan fingerprint density at radius 2 is 1.75 bits per heavy atom. The number of esters is 1. The Kier molecular flexibility index (Phi) is 3.35. The summed E-state index contributed by atoms with van der Waals surface area (Å²) in [5, 5.41) is 0. The predicted molar refractivity (Wildman–Crippen MR) is 74.2 cm³/mol. The van der Waals surface area contributed by atoms with Crippen LogP contribution in [0.3, 0.4) is 0 Å². The van der Waals surface area contributed by atoms with Crippen LogP contribution in [0.5, 0.6) is 0 Å². The van der Waals surface area contributed by atoms with E-state index in [4.69, 9.17) is 4.74 Å². The van der Waals surface area contributed by atoms with Crippen molar-refractivity contribution in [3.63, 3.8) is 0 Å². The normalized spacial score (nSPS) is 31.2. The molecule has 0 saturated heterocycles. The maximum Gasteiger partial charge on any atom is 0.410 e. The first-order valence-electron chi connectivity index (χ1n) is 6.86. The Hall–Kier alpha value is -1.52. The highest BCUT2D eigenvalue weighted by Crippen LogP contribution is 2.70. The van der Waals surface area contributed by atoms with Gasteiger partial charge in [-0.2, -0.15) is 0 Å². The van der Waals surface area contributed by atoms with Crippen molar-refractivity contribution in [2.45, 2.75) is 51.2 Å². The van der Waals surface area contributed by atoms with Crippen LogP contribution in [-0.2, 0) is 14.3 Å². The first-order valence-corrected chi connectivity index (χ1v) is 6.86. The van der Waals surface area contributed by atoms with Crippen LogP contribution in [0.2, 0.25) is 0 Å². The van der Waals surface area contributed by atoms with Gasteiger partial charge in [-0.25, -0.2) is 9.59 Å². The highest BCUT2D eigenvalue weighted by molar-refractivity contribution is 5.82. The van der Waals surface area contributed by atoms with Gasteiger partial charge in [0.15, 0.2) is 0 Å². The maximum absolute atomic E-state index is 12.1. The van der Waals surface area contributed by atoms with Crippen LogP contribution in [0.4, 0.5) is 4.79 Å². The number of allylic oxidation sites excluding steroid dienone is 1. The van der Waals surface area contributed by atoms with E-state index in [0.29, 0.717) is 0 Å². The molecule has 0 aromatic rings. The van der Waals surface area contributed by atoms with Crippen LogP contribution < -0.4 is 0 Å². The van der Waals surface area contributed by atoms with Gasteiger partial charge in [-0.15, -0.1) is 0 Å². The lowest BCUT2D eigenvalue weighted by Crippen LogP contribution is -2.74. The van der Waals surface area contributed by atoms with Gasteiger partial charge in [-0.1, -0.05) is 6.08 Å². The van der Waals surface area contributed by atoms with Crippen molar-refractivity contribution in [2.24, 2.45) is 5.41 Å². The van der Waals surface area contributed by atoms with Crippen molar-refractivity contribution in [2.75, 3.05) is 14.2 Å². The summed E-state index contributed by atoms with van der Waals surface area (Å²) in [6, 6.07) is 0. The molecule has 0 spiro atoms. The highest BCUT2D eigenvalue weighted by Gasteiger charge is 2.69. The molecule has 112 valence electrons. The van der Waals surface area contributed by atoms with Gasteiger partial charge < -0.3 is 14.4 Å². The molecule has 1 amide bonds. The SMILES string of the molecule is COC(=O)/C=C/C12CC(N(C)C(=O)OC(C)(C)C)(C1)C2. The number of nitrogens with zero attached hydrogens (tertiary/aromatic N) is 1. The smallest absolute Gasteiger partial charge is 0.410 e. The number of amides is 1. The summed E-state index contributed by atoms with van der Waals surface area (Å²) >= 11 is 0. The summed E-state index contributed by atoms with van der Waals surface area (Å²) in [4.78, 5) is 24.9. The second kappa shape index (κ2) is 4.50. The molecule has 3 rings (SSSR count). The van der Waals surface area contributed by atoms with Crippen molar-refractivity contribution >= 4 is 12.1 Å². The van der Waals surface area contributed by atoms with Gasteiger partial charge in [-0.05, 0) is 45.4 Å². The summed E-state index contributed by atoms with van der Waals surface area (Å²) in [5.74, 6) is -0.329. The molecule has 0 aromatic heterocycles. The summed E-state index contributed by atoms with van der Waals surface area (Å²) in [7, 11) is 3.16. The van der Waals surface area contributed by atoms with Gasteiger partial charge in [0.1, 0.15) is 5.60 Å². The molecule has 0 unspecified atom stereocenters. The van der Waals surface area contributed by atoms with E-state index in [1.165, 1.54) is 13.2 Å². The van der Waals surface area contributed by atoms with Crippen molar-refractivity contribution in [1.29, 1.82) is 0 Å². The fourth-order valence-corrected chi connectivity index (χ4v) is 3.18. The Morgan fingerprint density at radius 1 is 1.20 bits per heavy atom. The van der Waals surface area contributed by atoms with Crippen molar-refractivity contribution in [3.8, 4) is 0 Å². The number of carbonyl (C=O) groups is 2. The molecule has 3 aliphatic carbocycles. The fraction of sp³-hybridized carbons (Fsp3) is 0.733. The van der Waals surface area contributed by atoms with E-state index in [-0.39, 0.29) is 23.0 Å². The predicted octanol–water partition coefficient (Wildman–Crippen LogP) is 2.51. The number of hydrogen-bond donors (Lipinski definition) is 0. The molecule has 0 N–H and O–H groups in total. The van der Waals surface area contributed by atoms with E-state index in [9.17, 15) is 9.59 Å². The monoisotopic (exact) mass is 281 g/mol. The molecule has 0 aliphatic heterocycles. The van der Waals surface area contributed by atoms with E-state index >= 15 is 0 Å². The molecule has 3 aliphatic rings. The minimum atomic E-state index is -0.475. The average molecular weight is 281 g/mol. The summed E-state index contributed by atoms with van der Waals surface area (Å²) < 4.78 is 9.98. The molecular formula is C15H23NO4. The molecule has 5 heteroatoms. The van der Waals surface area contributed by atoms with Crippen LogP contribution in [0.15, 0.2) is 12.2 Å². The Bertz CT molecular complexity index is 441. The standard InChI is InChI=1S/C15H23NO4/c1-13(2,3)20-12(18)16(4)15-8-14(9-15,10-15)7-6-11(17)19-5/h6-7H,8-10H2,1-5H3/b7-6+. The third-order valence-corrected chi connectivity index (χ3v) is 4.20. The number of hydrogen-bond acceptors (Lipinski definition) is 4. The molecular weight excluding hydrogens is 258 g/mol. The van der Waals surface area contributed by atoms with Gasteiger partial charge in [0.25, 0.3) is 0 Å². The third-order valence-electron chi connectivity index (χ3n) is 4.20. The molecule has 3 saturated carbocycles. The number of ether oxygens (including phenoxy) is 2. The lowest BCUT2D eigenvalue weighted by molar-refractivity contribution is -0.176. The molecule has 20 heavy (non-hydrogen) atoms. The summed E-state index contributed by atoms with van der Waals surface area (Å²) in [6.45, 7) is 5.59. The molecule has 3 fully saturated rings. The van der Waals surface area contributed by atoms with E-state index in [1.807, 2.05) is 26.8 Å². The van der Waals surface area contributed by atoms with Gasteiger partial charge >= 0.3 is 12.1 Å². The van der Waals surface area contributed by atoms with Crippen molar-refractivity contribution < 1.29 is 19.1 Å². The minimum absolute atomic E-state index is 0.0739. The number of carbonyl (C=O) groups excluding carboxylic acids is 2. The van der Waals surface area contributed by atoms with E-state index in [0.717, 1.165) is 19.3 Å². The zero-order valence-electron chi connectivity index (χ0n) is 12.9. The third kappa shape index (κ3) is 2.53. The topological polar surface area (TPSA) is 55.8 Å². The fourth-order valence-electron chi connectivity index (χ4n) is 3.18. The van der Waals surface area contributed by atoms with Gasteiger partial charge in [0.05, 0.1) is 7.11 Å². The molecule has 0 aromatic carbocycles. The lowest BCUT2D eigenvalue weighted by atomic mass is 9.39. The number of methoxy groups -OCH3 is 1. The van der Waals surface area contributed by atoms with Crippen LogP contribution in [-0.4, -0.2) is 42.3 Å². The molecule has 0 atom stereocenters. The lowest BCUT2D eigenvalue weighted by Gasteiger charge is -2.72. The van der Waals surface area contributed by atoms with Gasteiger partial charge in [0.2, 0.25) is 0 Å². The Morgan fingerprint density at radius 3 is 2.20 bits per heavy atom. The first-order chi connectivity index (χ1) is 9.11. The van der Waals surface area contributed by atoms with Crippen molar-refractivity contribution in [1.82, 2.24) is 4.90 Å². The largest absolute Gasteiger partial charge is 0.466 e. The molecule has 0 radical (unpaired) electrons. The van der Waals surface area contributed by atoms with E-state index in [2.05, 4.69) is 4.74 Å². The molecule has 2 bridgehead atoms. The highest BCUT2D eigenvalue weighted by atomic mass is 16.6. The zero-order valence-corrected chi connectivity index (χ0v) is 12.9. The molecule has 5 nitrogen and oxygen atoms in total. The van der Waals surface area contributed by atoms with Crippen LogP contribution >= 0.6 is 0 Å². The zero-order chi connectivity index (χ0) is 15.2. The second-order valence-corrected chi connectivity index (χ2v) is 7.01. The van der Waals surface area contributed by atoms with Gasteiger partial charge in [0, 0.05) is 18.7 Å². The van der Waals surface area contributed by atoms with E-state index < -0.39 is 5.60 Å². The van der Waals surface area contributed by atoms with Crippen LogP contribution in [0, 0.1) is 5.41 Å². The minimum Gasteiger partial charge on any atom is -0.466 e. The first kappa shape index (κ1) is 14.9. The molecule has 0 heterocycles. The van der Waals surface area contributed by atoms with Crippen molar-refractivity contribution in [3.05, 3.63) is 12.2 Å². The average Bonchev–Trinajstić information content (AvgIpc) is 2.22. The Labute approximate surface area is 119 Å². The van der Waals surface area contributed by atoms with Crippen LogP contribution in [0.1, 0.15) is 40.0 Å². The maximum atomic E-state index is 12.1. The van der Waals surface area contributed by atoms with Gasteiger partial charge in [-0.3, -0.25) is 0 Å². The van der Waals surface area contributed by atoms with Crippen LogP contribution in [0.25, 0.3) is 0 Å². The summed E-state index contributed by atoms with van der Waals surface area (Å²) in [5.41, 5.74) is -0.482. The second-order valence-electron chi connectivity index (χ2n) is 7.01. The summed E-state index contributed by atoms with van der Waals surface area (Å²) in [6.07, 6.45) is 5.80. The number of rotatable bonds is 3.